The van der Waals surface area contributed by atoms with Crippen LogP contribution in [0, 0.1) is 6.92 Å². The van der Waals surface area contributed by atoms with E-state index in [1.165, 1.54) is 5.69 Å². The smallest absolute Gasteiger partial charge is 0.251 e. The third-order valence-electron chi connectivity index (χ3n) is 5.93. The molecule has 30 heavy (non-hydrogen) atoms. The molecular formula is C23H26N6O. The standard InChI is InChI=1S/C23H26N6O/c1-3-17-11-20-21(27-23(17)30)10-16(13-24-20)14-28-6-8-29(9-7-28)18-4-5-19-22(12-18)26-15(2)25-19/h4-5,10-13H,3,6-9,14H2,1-2H3,(H,25,26)(H,27,30). The van der Waals surface area contributed by atoms with Gasteiger partial charge in [0.15, 0.2) is 0 Å². The monoisotopic (exact) mass is 402 g/mol. The summed E-state index contributed by atoms with van der Waals surface area (Å²) in [6.45, 7) is 8.75. The van der Waals surface area contributed by atoms with Crippen LogP contribution in [0.5, 0.6) is 0 Å². The normalized spacial score (nSPS) is 15.3. The van der Waals surface area contributed by atoms with Crippen LogP contribution in [-0.2, 0) is 13.0 Å². The molecule has 1 saturated heterocycles. The molecule has 154 valence electrons. The van der Waals surface area contributed by atoms with E-state index >= 15 is 0 Å². The van der Waals surface area contributed by atoms with Gasteiger partial charge in [-0.05, 0) is 49.2 Å². The summed E-state index contributed by atoms with van der Waals surface area (Å²) in [7, 11) is 0. The van der Waals surface area contributed by atoms with Gasteiger partial charge >= 0.3 is 0 Å². The third kappa shape index (κ3) is 3.57. The zero-order valence-corrected chi connectivity index (χ0v) is 17.4. The summed E-state index contributed by atoms with van der Waals surface area (Å²) in [4.78, 5) is 32.3. The van der Waals surface area contributed by atoms with Crippen molar-refractivity contribution in [1.29, 1.82) is 0 Å². The van der Waals surface area contributed by atoms with Crippen LogP contribution in [0.4, 0.5) is 5.69 Å². The summed E-state index contributed by atoms with van der Waals surface area (Å²) in [5.74, 6) is 0.947. The number of aryl methyl sites for hydroxylation is 2. The van der Waals surface area contributed by atoms with Crippen LogP contribution >= 0.6 is 0 Å². The lowest BCUT2D eigenvalue weighted by Crippen LogP contribution is -2.46. The van der Waals surface area contributed by atoms with Gasteiger partial charge in [-0.3, -0.25) is 14.7 Å². The Balaban J connectivity index is 1.26. The highest BCUT2D eigenvalue weighted by molar-refractivity contribution is 5.79. The minimum atomic E-state index is -0.0120. The Bertz CT molecular complexity index is 1270. The Morgan fingerprint density at radius 1 is 1.00 bits per heavy atom. The van der Waals surface area contributed by atoms with Crippen LogP contribution < -0.4 is 10.5 Å². The van der Waals surface area contributed by atoms with Crippen molar-refractivity contribution in [2.75, 3.05) is 31.1 Å². The zero-order chi connectivity index (χ0) is 20.7. The van der Waals surface area contributed by atoms with Crippen LogP contribution in [0.15, 0.2) is 41.3 Å². The van der Waals surface area contributed by atoms with E-state index in [9.17, 15) is 4.79 Å². The number of rotatable bonds is 4. The maximum Gasteiger partial charge on any atom is 0.251 e. The highest BCUT2D eigenvalue weighted by Crippen LogP contribution is 2.22. The summed E-state index contributed by atoms with van der Waals surface area (Å²) in [5.41, 5.74) is 6.91. The minimum absolute atomic E-state index is 0.0120. The molecule has 7 nitrogen and oxygen atoms in total. The van der Waals surface area contributed by atoms with E-state index < -0.39 is 0 Å². The number of aromatic nitrogens is 4. The van der Waals surface area contributed by atoms with Crippen molar-refractivity contribution < 1.29 is 0 Å². The summed E-state index contributed by atoms with van der Waals surface area (Å²) >= 11 is 0. The molecule has 1 fully saturated rings. The fraction of sp³-hybridized carbons (Fsp3) is 0.348. The lowest BCUT2D eigenvalue weighted by Gasteiger charge is -2.36. The van der Waals surface area contributed by atoms with Crippen molar-refractivity contribution in [2.24, 2.45) is 0 Å². The predicted molar refractivity (Wildman–Crippen MR) is 120 cm³/mol. The molecule has 1 aliphatic rings. The molecule has 0 spiro atoms. The molecule has 5 rings (SSSR count). The van der Waals surface area contributed by atoms with Gasteiger partial charge < -0.3 is 14.9 Å². The van der Waals surface area contributed by atoms with Crippen molar-refractivity contribution in [1.82, 2.24) is 24.8 Å². The Kier molecular flexibility index (Phi) is 4.75. The Hall–Kier alpha value is -3.19. The van der Waals surface area contributed by atoms with Crippen molar-refractivity contribution in [3.63, 3.8) is 0 Å². The highest BCUT2D eigenvalue weighted by atomic mass is 16.1. The first kappa shape index (κ1) is 18.8. The average molecular weight is 403 g/mol. The average Bonchev–Trinajstić information content (AvgIpc) is 3.13. The number of imidazole rings is 1. The molecule has 0 aliphatic carbocycles. The lowest BCUT2D eigenvalue weighted by molar-refractivity contribution is 0.250. The molecule has 7 heteroatoms. The Labute approximate surface area is 174 Å². The van der Waals surface area contributed by atoms with Gasteiger partial charge in [-0.15, -0.1) is 0 Å². The quantitative estimate of drug-likeness (QED) is 0.549. The number of piperazine rings is 1. The van der Waals surface area contributed by atoms with Crippen molar-refractivity contribution in [2.45, 2.75) is 26.8 Å². The molecule has 4 heterocycles. The molecule has 1 aromatic carbocycles. The molecule has 2 N–H and O–H groups in total. The number of hydrogen-bond acceptors (Lipinski definition) is 5. The fourth-order valence-corrected chi connectivity index (χ4v) is 4.26. The minimum Gasteiger partial charge on any atom is -0.369 e. The van der Waals surface area contributed by atoms with Crippen LogP contribution in [0.1, 0.15) is 23.9 Å². The van der Waals surface area contributed by atoms with E-state index in [4.69, 9.17) is 0 Å². The van der Waals surface area contributed by atoms with E-state index in [-0.39, 0.29) is 5.56 Å². The first-order valence-corrected chi connectivity index (χ1v) is 10.5. The van der Waals surface area contributed by atoms with E-state index in [0.29, 0.717) is 6.42 Å². The van der Waals surface area contributed by atoms with Crippen LogP contribution in [0.2, 0.25) is 0 Å². The van der Waals surface area contributed by atoms with E-state index in [1.54, 1.807) is 0 Å². The van der Waals surface area contributed by atoms with Gasteiger partial charge in [0.05, 0.1) is 22.1 Å². The molecule has 4 aromatic rings. The van der Waals surface area contributed by atoms with Crippen molar-refractivity contribution in [3.8, 4) is 0 Å². The number of anilines is 1. The molecule has 0 bridgehead atoms. The summed E-state index contributed by atoms with van der Waals surface area (Å²) in [6, 6.07) is 10.4. The number of fused-ring (bicyclic) bond motifs is 2. The largest absolute Gasteiger partial charge is 0.369 e. The molecule has 3 aromatic heterocycles. The van der Waals surface area contributed by atoms with Gasteiger partial charge in [0, 0.05) is 50.2 Å². The second-order valence-electron chi connectivity index (χ2n) is 8.04. The maximum absolute atomic E-state index is 12.1. The molecule has 0 amide bonds. The number of benzene rings is 1. The number of pyridine rings is 2. The first-order valence-electron chi connectivity index (χ1n) is 10.5. The second-order valence-corrected chi connectivity index (χ2v) is 8.04. The first-order chi connectivity index (χ1) is 14.6. The fourth-order valence-electron chi connectivity index (χ4n) is 4.26. The predicted octanol–water partition coefficient (Wildman–Crippen LogP) is 2.99. The Morgan fingerprint density at radius 2 is 1.80 bits per heavy atom. The number of nitrogens with one attached hydrogen (secondary N) is 2. The van der Waals surface area contributed by atoms with Crippen molar-refractivity contribution >= 4 is 27.8 Å². The second kappa shape index (κ2) is 7.57. The molecular weight excluding hydrogens is 376 g/mol. The SMILES string of the molecule is CCc1cc2ncc(CN3CCN(c4ccc5nc(C)[nH]c5c4)CC3)cc2[nH]c1=O. The molecule has 0 unspecified atom stereocenters. The number of aromatic amines is 2. The summed E-state index contributed by atoms with van der Waals surface area (Å²) < 4.78 is 0. The number of nitrogens with zero attached hydrogens (tertiary/aromatic N) is 4. The van der Waals surface area contributed by atoms with Gasteiger partial charge in [0.2, 0.25) is 0 Å². The summed E-state index contributed by atoms with van der Waals surface area (Å²) in [6.07, 6.45) is 2.65. The van der Waals surface area contributed by atoms with Gasteiger partial charge in [0.25, 0.3) is 5.56 Å². The van der Waals surface area contributed by atoms with E-state index in [1.807, 2.05) is 26.1 Å². The zero-order valence-electron chi connectivity index (χ0n) is 17.4. The number of H-pyrrole nitrogens is 2. The van der Waals surface area contributed by atoms with Crippen LogP contribution in [0.3, 0.4) is 0 Å². The topological polar surface area (TPSA) is 80.9 Å². The lowest BCUT2D eigenvalue weighted by atomic mass is 10.1. The maximum atomic E-state index is 12.1. The van der Waals surface area contributed by atoms with E-state index in [2.05, 4.69) is 54.0 Å². The highest BCUT2D eigenvalue weighted by Gasteiger charge is 2.18. The van der Waals surface area contributed by atoms with Gasteiger partial charge in [-0.25, -0.2) is 4.98 Å². The summed E-state index contributed by atoms with van der Waals surface area (Å²) in [5, 5.41) is 0. The van der Waals surface area contributed by atoms with Gasteiger partial charge in [0.1, 0.15) is 5.82 Å². The van der Waals surface area contributed by atoms with Gasteiger partial charge in [-0.1, -0.05) is 6.92 Å². The van der Waals surface area contributed by atoms with E-state index in [0.717, 1.165) is 71.7 Å². The Morgan fingerprint density at radius 3 is 2.60 bits per heavy atom. The van der Waals surface area contributed by atoms with Gasteiger partial charge in [-0.2, -0.15) is 0 Å². The third-order valence-corrected chi connectivity index (χ3v) is 5.93. The number of hydrogen-bond donors (Lipinski definition) is 2. The molecule has 0 atom stereocenters. The van der Waals surface area contributed by atoms with Crippen LogP contribution in [0.25, 0.3) is 22.1 Å². The van der Waals surface area contributed by atoms with Crippen molar-refractivity contribution in [3.05, 3.63) is 63.8 Å². The molecule has 0 saturated carbocycles. The molecule has 1 aliphatic heterocycles. The molecule has 0 radical (unpaired) electrons. The van der Waals surface area contributed by atoms with Crippen LogP contribution in [-0.4, -0.2) is 51.0 Å².